The van der Waals surface area contributed by atoms with Crippen molar-refractivity contribution in [1.82, 2.24) is 25.5 Å². The highest BCUT2D eigenvalue weighted by atomic mass is 35.5. The molecule has 3 aliphatic rings. The van der Waals surface area contributed by atoms with Crippen molar-refractivity contribution in [1.29, 1.82) is 0 Å². The number of rotatable bonds is 12. The van der Waals surface area contributed by atoms with Crippen LogP contribution in [-0.4, -0.2) is 84.1 Å². The average Bonchev–Trinajstić information content (AvgIpc) is 3.48. The molecule has 1 unspecified atom stereocenters. The van der Waals surface area contributed by atoms with Gasteiger partial charge >= 0.3 is 0 Å². The number of thioether (sulfide) groups is 1. The van der Waals surface area contributed by atoms with Gasteiger partial charge in [-0.2, -0.15) is 4.98 Å². The normalized spacial score (nSPS) is 17.7. The first-order valence-electron chi connectivity index (χ1n) is 17.7. The number of amides is 3. The monoisotopic (exact) mass is 788 g/mol. The quantitative estimate of drug-likeness (QED) is 0.0581. The molecule has 3 aliphatic heterocycles. The number of piperidine rings is 2. The summed E-state index contributed by atoms with van der Waals surface area (Å²) < 4.78 is 18.6. The number of hydrogen-bond acceptors (Lipinski definition) is 12. The van der Waals surface area contributed by atoms with Gasteiger partial charge in [0.25, 0.3) is 5.91 Å². The van der Waals surface area contributed by atoms with Crippen molar-refractivity contribution in [3.05, 3.63) is 83.0 Å². The number of benzene rings is 3. The standard InChI is InChI=1S/C38H42ClN8O5PS/c1-52-32-19-25(8-11-29(32)43-38-40-20-28(39)35(45-38)42-30-6-4-5-7-33(30)53(2,3)51)46-16-14-24(15-17-46)41-22-54-26-9-10-27-23(18-26)21-47(37(27)50)31-12-13-34(48)44-36(31)49/h4-11,18-20,24,31,41H,12-17,21-22H2,1-3H3,(H,44,48,49)(H2,40,42,43,45). The number of para-hydroxylation sites is 1. The minimum atomic E-state index is -2.55. The highest BCUT2D eigenvalue weighted by Crippen LogP contribution is 2.39. The molecule has 16 heteroatoms. The lowest BCUT2D eigenvalue weighted by Crippen LogP contribution is -2.52. The molecule has 0 saturated carbocycles. The van der Waals surface area contributed by atoms with Crippen LogP contribution < -0.4 is 36.2 Å². The molecule has 0 radical (unpaired) electrons. The van der Waals surface area contributed by atoms with E-state index in [1.165, 1.54) is 6.20 Å². The summed E-state index contributed by atoms with van der Waals surface area (Å²) in [5, 5.41) is 13.6. The van der Waals surface area contributed by atoms with E-state index in [0.717, 1.165) is 48.0 Å². The van der Waals surface area contributed by atoms with E-state index >= 15 is 0 Å². The molecule has 4 heterocycles. The Morgan fingerprint density at radius 2 is 1.80 bits per heavy atom. The maximum Gasteiger partial charge on any atom is 0.255 e. The first-order chi connectivity index (χ1) is 26.0. The number of ether oxygens (including phenoxy) is 1. The van der Waals surface area contributed by atoms with E-state index in [-0.39, 0.29) is 18.2 Å². The first-order valence-corrected chi connectivity index (χ1v) is 21.7. The molecule has 0 bridgehead atoms. The van der Waals surface area contributed by atoms with Gasteiger partial charge in [0.05, 0.1) is 24.7 Å². The smallest absolute Gasteiger partial charge is 0.255 e. The number of fused-ring (bicyclic) bond motifs is 1. The van der Waals surface area contributed by atoms with Gasteiger partial charge in [0.1, 0.15) is 24.0 Å². The van der Waals surface area contributed by atoms with Crippen LogP contribution >= 0.6 is 30.5 Å². The van der Waals surface area contributed by atoms with Gasteiger partial charge in [0.2, 0.25) is 17.8 Å². The predicted octanol–water partition coefficient (Wildman–Crippen LogP) is 5.94. The summed E-state index contributed by atoms with van der Waals surface area (Å²) in [4.78, 5) is 50.9. The number of nitrogens with zero attached hydrogens (tertiary/aromatic N) is 4. The van der Waals surface area contributed by atoms with Gasteiger partial charge in [0.15, 0.2) is 5.82 Å². The molecule has 0 spiro atoms. The number of carbonyl (C=O) groups excluding carboxylic acids is 3. The second-order valence-electron chi connectivity index (χ2n) is 13.9. The minimum Gasteiger partial charge on any atom is -0.494 e. The summed E-state index contributed by atoms with van der Waals surface area (Å²) in [7, 11) is -0.918. The summed E-state index contributed by atoms with van der Waals surface area (Å²) in [5.74, 6) is 1.25. The number of aromatic nitrogens is 2. The molecule has 282 valence electrons. The van der Waals surface area contributed by atoms with Crippen LogP contribution in [0.15, 0.2) is 71.8 Å². The van der Waals surface area contributed by atoms with Crippen molar-refractivity contribution in [3.8, 4) is 5.75 Å². The molecule has 2 saturated heterocycles. The van der Waals surface area contributed by atoms with Crippen LogP contribution in [0, 0.1) is 0 Å². The number of halogens is 1. The van der Waals surface area contributed by atoms with Crippen molar-refractivity contribution < 1.29 is 23.7 Å². The molecular weight excluding hydrogens is 747 g/mol. The van der Waals surface area contributed by atoms with Gasteiger partial charge < -0.3 is 35.1 Å². The van der Waals surface area contributed by atoms with Crippen molar-refractivity contribution in [3.63, 3.8) is 0 Å². The third kappa shape index (κ3) is 8.37. The molecule has 1 atom stereocenters. The Morgan fingerprint density at radius 3 is 2.56 bits per heavy atom. The Balaban J connectivity index is 0.910. The summed E-state index contributed by atoms with van der Waals surface area (Å²) in [6.45, 7) is 5.59. The number of carbonyl (C=O) groups is 3. The lowest BCUT2D eigenvalue weighted by molar-refractivity contribution is -0.136. The maximum absolute atomic E-state index is 13.0. The van der Waals surface area contributed by atoms with E-state index in [1.807, 2.05) is 54.6 Å². The van der Waals surface area contributed by atoms with E-state index in [0.29, 0.717) is 63.8 Å². The van der Waals surface area contributed by atoms with Gasteiger partial charge in [-0.25, -0.2) is 4.98 Å². The molecule has 7 rings (SSSR count). The SMILES string of the molecule is COc1cc(N2CCC(NCSc3ccc4c(c3)CN(C3CCC(=O)NC3=O)C4=O)CC2)ccc1Nc1ncc(Cl)c(Nc2ccccc2P(C)(C)=O)n1. The van der Waals surface area contributed by atoms with E-state index < -0.39 is 19.1 Å². The fourth-order valence-corrected chi connectivity index (χ4v) is 9.19. The molecule has 2 fully saturated rings. The third-order valence-electron chi connectivity index (χ3n) is 9.88. The Kier molecular flexibility index (Phi) is 11.2. The number of hydrogen-bond donors (Lipinski definition) is 4. The topological polar surface area (TPSA) is 158 Å². The molecular formula is C38H42ClN8O5PS. The summed E-state index contributed by atoms with van der Waals surface area (Å²) in [6, 6.07) is 19.0. The number of methoxy groups -OCH3 is 1. The average molecular weight is 789 g/mol. The third-order valence-corrected chi connectivity index (χ3v) is 12.6. The van der Waals surface area contributed by atoms with Crippen molar-refractivity contribution >= 4 is 82.4 Å². The Hall–Kier alpha value is -4.62. The van der Waals surface area contributed by atoms with Crippen molar-refractivity contribution in [2.45, 2.75) is 49.2 Å². The molecule has 3 amide bonds. The largest absolute Gasteiger partial charge is 0.494 e. The Bertz CT molecular complexity index is 2140. The van der Waals surface area contributed by atoms with E-state index in [9.17, 15) is 18.9 Å². The van der Waals surface area contributed by atoms with Crippen LogP contribution in [-0.2, 0) is 20.7 Å². The molecule has 3 aromatic carbocycles. The lowest BCUT2D eigenvalue weighted by atomic mass is 10.0. The Morgan fingerprint density at radius 1 is 1.00 bits per heavy atom. The molecule has 13 nitrogen and oxygen atoms in total. The van der Waals surface area contributed by atoms with Crippen LogP contribution in [0.5, 0.6) is 5.75 Å². The van der Waals surface area contributed by atoms with Crippen LogP contribution in [0.2, 0.25) is 5.02 Å². The van der Waals surface area contributed by atoms with Gasteiger partial charge in [-0.15, -0.1) is 11.8 Å². The summed E-state index contributed by atoms with van der Waals surface area (Å²) in [5.41, 5.74) is 3.97. The van der Waals surface area contributed by atoms with Gasteiger partial charge in [-0.05, 0) is 80.6 Å². The molecule has 4 aromatic rings. The van der Waals surface area contributed by atoms with E-state index in [1.54, 1.807) is 37.1 Å². The molecule has 54 heavy (non-hydrogen) atoms. The maximum atomic E-state index is 13.0. The van der Waals surface area contributed by atoms with Gasteiger partial charge in [-0.1, -0.05) is 23.7 Å². The number of imide groups is 1. The second kappa shape index (κ2) is 16.0. The van der Waals surface area contributed by atoms with Gasteiger partial charge in [-0.3, -0.25) is 19.7 Å². The van der Waals surface area contributed by atoms with Crippen LogP contribution in [0.25, 0.3) is 0 Å². The van der Waals surface area contributed by atoms with Crippen LogP contribution in [0.1, 0.15) is 41.6 Å². The second-order valence-corrected chi connectivity index (χ2v) is 18.5. The zero-order valence-electron chi connectivity index (χ0n) is 30.2. The number of nitrogens with one attached hydrogen (secondary N) is 4. The fourth-order valence-electron chi connectivity index (χ4n) is 7.02. The highest BCUT2D eigenvalue weighted by molar-refractivity contribution is 7.99. The van der Waals surface area contributed by atoms with E-state index in [4.69, 9.17) is 16.3 Å². The lowest BCUT2D eigenvalue weighted by Gasteiger charge is -2.34. The minimum absolute atomic E-state index is 0.160. The summed E-state index contributed by atoms with van der Waals surface area (Å²) >= 11 is 8.15. The van der Waals surface area contributed by atoms with Crippen LogP contribution in [0.4, 0.5) is 28.8 Å². The zero-order chi connectivity index (χ0) is 38.0. The molecule has 4 N–H and O–H groups in total. The predicted molar refractivity (Wildman–Crippen MR) is 214 cm³/mol. The fraction of sp³-hybridized carbons (Fsp3) is 0.342. The highest BCUT2D eigenvalue weighted by Gasteiger charge is 2.39. The Labute approximate surface area is 323 Å². The summed E-state index contributed by atoms with van der Waals surface area (Å²) in [6.07, 6.45) is 4.07. The van der Waals surface area contributed by atoms with Crippen LogP contribution in [0.3, 0.4) is 0 Å². The van der Waals surface area contributed by atoms with Gasteiger partial charge in [0, 0.05) is 65.5 Å². The first kappa shape index (κ1) is 37.7. The zero-order valence-corrected chi connectivity index (χ0v) is 32.7. The molecule has 1 aromatic heterocycles. The molecule has 0 aliphatic carbocycles. The van der Waals surface area contributed by atoms with Crippen molar-refractivity contribution in [2.24, 2.45) is 0 Å². The number of anilines is 5. The van der Waals surface area contributed by atoms with Crippen molar-refractivity contribution in [2.75, 3.05) is 54.9 Å². The van der Waals surface area contributed by atoms with E-state index in [2.05, 4.69) is 42.2 Å².